The van der Waals surface area contributed by atoms with Crippen molar-refractivity contribution in [3.63, 3.8) is 0 Å². The Morgan fingerprint density at radius 2 is 1.25 bits per heavy atom. The third-order valence-electron chi connectivity index (χ3n) is 10.2. The van der Waals surface area contributed by atoms with Crippen LogP contribution in [0.15, 0.2) is 60.7 Å². The fourth-order valence-corrected chi connectivity index (χ4v) is 6.94. The molecule has 0 aromatic heterocycles. The average Bonchev–Trinajstić information content (AvgIpc) is 3.56. The molecule has 324 valence electrons. The van der Waals surface area contributed by atoms with Crippen molar-refractivity contribution in [2.45, 2.75) is 139 Å². The normalized spacial score (nSPS) is 17.9. The first kappa shape index (κ1) is 48.8. The number of hydrogen-bond acceptors (Lipinski definition) is 8. The van der Waals surface area contributed by atoms with Gasteiger partial charge in [-0.1, -0.05) is 131 Å². The molecule has 0 saturated carbocycles. The molecular weight excluding hydrogens is 782 g/mol. The van der Waals surface area contributed by atoms with Gasteiger partial charge in [0, 0.05) is 38.2 Å². The van der Waals surface area contributed by atoms with Crippen LogP contribution in [-0.2, 0) is 49.3 Å². The van der Waals surface area contributed by atoms with E-state index in [1.54, 1.807) is 0 Å². The largest absolute Gasteiger partial charge is 0.459 e. The van der Waals surface area contributed by atoms with Gasteiger partial charge in [-0.15, -0.1) is 0 Å². The fraction of sp³-hybridized carbons (Fsp3) is 0.578. The number of unbranched alkanes of at least 4 members (excludes halogenated alkanes) is 10. The number of carbonyl (C=O) groups is 3. The minimum absolute atomic E-state index is 0.247. The Morgan fingerprint density at radius 1 is 0.729 bits per heavy atom. The highest BCUT2D eigenvalue weighted by Gasteiger charge is 2.65. The highest BCUT2D eigenvalue weighted by Crippen LogP contribution is 2.44. The number of methoxy groups -OCH3 is 2. The minimum Gasteiger partial charge on any atom is -0.459 e. The smallest absolute Gasteiger partial charge is 0.432 e. The Labute approximate surface area is 343 Å². The first-order chi connectivity index (χ1) is 28.2. The lowest BCUT2D eigenvalue weighted by atomic mass is 9.92. The van der Waals surface area contributed by atoms with Crippen LogP contribution in [0.3, 0.4) is 0 Å². The lowest BCUT2D eigenvalue weighted by Gasteiger charge is -2.33. The van der Waals surface area contributed by atoms with Crippen molar-refractivity contribution in [2.24, 2.45) is 5.92 Å². The molecule has 2 aromatic carbocycles. The second-order valence-electron chi connectivity index (χ2n) is 14.4. The Hall–Kier alpha value is -4.53. The molecule has 0 amide bonds. The minimum atomic E-state index is -5.10. The van der Waals surface area contributed by atoms with Crippen molar-refractivity contribution in [2.75, 3.05) is 20.8 Å². The SMILES string of the molecule is CCCCC[C@@H](C#CC#CCCCCCCCCCC[C@H]1C[C@@H](COC(=O)[C@@](OC)(c2ccccc2)C(F)(F)F)OC1=O)OC(=O)[C@@](OC)(c1ccccc1)C(F)(F)F. The van der Waals surface area contributed by atoms with Crippen LogP contribution in [0.1, 0.15) is 114 Å². The van der Waals surface area contributed by atoms with Crippen LogP contribution >= 0.6 is 0 Å². The monoisotopic (exact) mass is 836 g/mol. The number of rotatable bonds is 23. The molecule has 0 radical (unpaired) electrons. The molecule has 0 unspecified atom stereocenters. The maximum Gasteiger partial charge on any atom is 0.432 e. The molecule has 14 heteroatoms. The lowest BCUT2D eigenvalue weighted by molar-refractivity contribution is -0.278. The summed E-state index contributed by atoms with van der Waals surface area (Å²) < 4.78 is 110. The zero-order valence-corrected chi connectivity index (χ0v) is 33.9. The molecule has 5 atom stereocenters. The van der Waals surface area contributed by atoms with Crippen molar-refractivity contribution in [1.29, 1.82) is 0 Å². The van der Waals surface area contributed by atoms with Gasteiger partial charge in [-0.2, -0.15) is 26.3 Å². The summed E-state index contributed by atoms with van der Waals surface area (Å²) in [6.07, 6.45) is -0.710. The number of carbonyl (C=O) groups excluding carboxylic acids is 3. The summed E-state index contributed by atoms with van der Waals surface area (Å²) in [4.78, 5) is 38.3. The van der Waals surface area contributed by atoms with Gasteiger partial charge in [-0.3, -0.25) is 4.79 Å². The summed E-state index contributed by atoms with van der Waals surface area (Å²) in [5.74, 6) is 6.97. The predicted molar refractivity (Wildman–Crippen MR) is 207 cm³/mol. The summed E-state index contributed by atoms with van der Waals surface area (Å²) in [6.45, 7) is 1.47. The summed E-state index contributed by atoms with van der Waals surface area (Å²) in [6, 6.07) is 13.1. The van der Waals surface area contributed by atoms with Crippen LogP contribution in [0.5, 0.6) is 0 Å². The van der Waals surface area contributed by atoms with Crippen molar-refractivity contribution >= 4 is 17.9 Å². The van der Waals surface area contributed by atoms with Gasteiger partial charge in [-0.05, 0) is 43.4 Å². The van der Waals surface area contributed by atoms with E-state index in [1.807, 2.05) is 6.92 Å². The average molecular weight is 837 g/mol. The van der Waals surface area contributed by atoms with Crippen molar-refractivity contribution in [1.82, 2.24) is 0 Å². The molecule has 1 fully saturated rings. The van der Waals surface area contributed by atoms with Crippen LogP contribution in [-0.4, -0.2) is 63.3 Å². The van der Waals surface area contributed by atoms with Crippen LogP contribution in [0.25, 0.3) is 0 Å². The zero-order chi connectivity index (χ0) is 43.4. The van der Waals surface area contributed by atoms with E-state index in [0.717, 1.165) is 90.6 Å². The molecule has 0 bridgehead atoms. The van der Waals surface area contributed by atoms with E-state index in [-0.39, 0.29) is 18.4 Å². The van der Waals surface area contributed by atoms with Crippen LogP contribution in [0.4, 0.5) is 26.3 Å². The summed E-state index contributed by atoms with van der Waals surface area (Å²) in [5.41, 5.74) is -7.41. The number of halogens is 6. The fourth-order valence-electron chi connectivity index (χ4n) is 6.94. The predicted octanol–water partition coefficient (Wildman–Crippen LogP) is 10.1. The van der Waals surface area contributed by atoms with Gasteiger partial charge in [0.1, 0.15) is 12.7 Å². The Bertz CT molecular complexity index is 1730. The topological polar surface area (TPSA) is 97.4 Å². The van der Waals surface area contributed by atoms with E-state index < -0.39 is 71.8 Å². The quantitative estimate of drug-likeness (QED) is 0.0359. The molecule has 1 saturated heterocycles. The number of alkyl halides is 6. The van der Waals surface area contributed by atoms with Gasteiger partial charge in [0.25, 0.3) is 11.2 Å². The molecular formula is C45H54F6O8. The molecule has 1 heterocycles. The Kier molecular flexibility index (Phi) is 19.8. The molecule has 0 aliphatic carbocycles. The number of ether oxygens (including phenoxy) is 5. The highest BCUT2D eigenvalue weighted by atomic mass is 19.4. The van der Waals surface area contributed by atoms with Gasteiger partial charge >= 0.3 is 30.3 Å². The lowest BCUT2D eigenvalue weighted by Crippen LogP contribution is -2.52. The molecule has 0 spiro atoms. The van der Waals surface area contributed by atoms with E-state index in [0.29, 0.717) is 19.3 Å². The molecule has 0 N–H and O–H groups in total. The second kappa shape index (κ2) is 23.9. The standard InChI is InChI=1S/C45H54F6O8/c1-4-5-18-30-37(59-41(54)43(56-3,45(49,50)51)36-28-22-17-23-29-36)31-24-15-13-11-9-7-6-8-10-12-14-19-25-34-32-38(58-39(34)52)33-57-40(53)42(55-2,44(46,47)48)35-26-20-16-21-27-35/h16-17,20-23,26-29,34,37-38H,4-12,14,18-19,25,30,32-33H2,1-3H3/t34-,37-,38-,42-,43-/m0/s1. The van der Waals surface area contributed by atoms with Gasteiger partial charge in [-0.25, -0.2) is 9.59 Å². The molecule has 3 rings (SSSR count). The molecule has 59 heavy (non-hydrogen) atoms. The summed E-state index contributed by atoms with van der Waals surface area (Å²) in [7, 11) is 1.61. The second-order valence-corrected chi connectivity index (χ2v) is 14.4. The number of benzene rings is 2. The summed E-state index contributed by atoms with van der Waals surface area (Å²) >= 11 is 0. The maximum absolute atomic E-state index is 14.3. The van der Waals surface area contributed by atoms with E-state index >= 15 is 0 Å². The Morgan fingerprint density at radius 3 is 1.78 bits per heavy atom. The van der Waals surface area contributed by atoms with Crippen molar-refractivity contribution in [3.8, 4) is 23.7 Å². The van der Waals surface area contributed by atoms with Crippen LogP contribution in [0.2, 0.25) is 0 Å². The molecule has 2 aromatic rings. The highest BCUT2D eigenvalue weighted by molar-refractivity contribution is 5.83. The van der Waals surface area contributed by atoms with E-state index in [9.17, 15) is 40.7 Å². The summed E-state index contributed by atoms with van der Waals surface area (Å²) in [5, 5.41) is 0. The first-order valence-corrected chi connectivity index (χ1v) is 20.1. The van der Waals surface area contributed by atoms with Gasteiger partial charge in [0.05, 0.1) is 5.92 Å². The van der Waals surface area contributed by atoms with E-state index in [2.05, 4.69) is 23.7 Å². The molecule has 1 aliphatic rings. The molecule has 8 nitrogen and oxygen atoms in total. The van der Waals surface area contributed by atoms with Crippen LogP contribution < -0.4 is 0 Å². The van der Waals surface area contributed by atoms with E-state index in [4.69, 9.17) is 23.7 Å². The van der Waals surface area contributed by atoms with Gasteiger partial charge in [0.15, 0.2) is 6.10 Å². The first-order valence-electron chi connectivity index (χ1n) is 20.1. The van der Waals surface area contributed by atoms with Crippen LogP contribution in [0, 0.1) is 29.6 Å². The van der Waals surface area contributed by atoms with Crippen molar-refractivity contribution in [3.05, 3.63) is 71.8 Å². The third-order valence-corrected chi connectivity index (χ3v) is 10.2. The number of hydrogen-bond donors (Lipinski definition) is 0. The van der Waals surface area contributed by atoms with Gasteiger partial charge in [0.2, 0.25) is 0 Å². The number of cyclic esters (lactones) is 1. The maximum atomic E-state index is 14.3. The molecule has 1 aliphatic heterocycles. The number of esters is 3. The van der Waals surface area contributed by atoms with E-state index in [1.165, 1.54) is 48.5 Å². The zero-order valence-electron chi connectivity index (χ0n) is 33.9. The van der Waals surface area contributed by atoms with Gasteiger partial charge < -0.3 is 23.7 Å². The van der Waals surface area contributed by atoms with Crippen molar-refractivity contribution < 1.29 is 64.4 Å². The Balaban J connectivity index is 1.34. The third kappa shape index (κ3) is 13.5.